The highest BCUT2D eigenvalue weighted by atomic mass is 79.9. The molecule has 1 fully saturated rings. The van der Waals surface area contributed by atoms with Gasteiger partial charge in [-0.05, 0) is 42.0 Å². The van der Waals surface area contributed by atoms with Crippen molar-refractivity contribution in [3.8, 4) is 0 Å². The Bertz CT molecular complexity index is 573. The van der Waals surface area contributed by atoms with Gasteiger partial charge < -0.3 is 5.11 Å². The van der Waals surface area contributed by atoms with Crippen LogP contribution >= 0.6 is 15.9 Å². The van der Waals surface area contributed by atoms with Crippen LogP contribution in [0.2, 0.25) is 0 Å². The number of benzene rings is 1. The van der Waals surface area contributed by atoms with E-state index in [2.05, 4.69) is 36.7 Å². The van der Waals surface area contributed by atoms with Crippen molar-refractivity contribution in [1.82, 2.24) is 4.90 Å². The molecule has 0 heterocycles. The predicted molar refractivity (Wildman–Crippen MR) is 84.5 cm³/mol. The lowest BCUT2D eigenvalue weighted by Crippen LogP contribution is -2.48. The minimum Gasteiger partial charge on any atom is -0.465 e. The molecule has 114 valence electrons. The zero-order valence-corrected chi connectivity index (χ0v) is 14.1. The Kier molecular flexibility index (Phi) is 4.15. The molecule has 0 unspecified atom stereocenters. The number of hydrogen-bond donors (Lipinski definition) is 1. The fraction of sp³-hybridized carbons (Fsp3) is 0.500. The van der Waals surface area contributed by atoms with Gasteiger partial charge >= 0.3 is 6.09 Å². The van der Waals surface area contributed by atoms with E-state index in [1.165, 1.54) is 4.90 Å². The lowest BCUT2D eigenvalue weighted by molar-refractivity contribution is 0.0630. The Morgan fingerprint density at radius 2 is 2.00 bits per heavy atom. The third kappa shape index (κ3) is 3.12. The molecule has 21 heavy (non-hydrogen) atoms. The van der Waals surface area contributed by atoms with E-state index in [-0.39, 0.29) is 11.0 Å². The van der Waals surface area contributed by atoms with Gasteiger partial charge in [0.2, 0.25) is 0 Å². The Morgan fingerprint density at radius 3 is 2.43 bits per heavy atom. The normalized spacial score (nSPS) is 16.4. The molecular weight excluding hydrogens is 334 g/mol. The van der Waals surface area contributed by atoms with Gasteiger partial charge in [-0.1, -0.05) is 36.7 Å². The highest BCUT2D eigenvalue weighted by molar-refractivity contribution is 9.10. The van der Waals surface area contributed by atoms with E-state index in [4.69, 9.17) is 0 Å². The SMILES string of the molecule is CC(C)(C)C1(N(Cc2cc(Br)cc(C=O)c2)C(=O)O)CC1. The van der Waals surface area contributed by atoms with Crippen LogP contribution in [0.4, 0.5) is 4.79 Å². The molecular formula is C16H20BrNO3. The average molecular weight is 354 g/mol. The van der Waals surface area contributed by atoms with Crippen LogP contribution in [0, 0.1) is 5.41 Å². The van der Waals surface area contributed by atoms with Gasteiger partial charge in [0.25, 0.3) is 0 Å². The molecule has 0 spiro atoms. The number of rotatable bonds is 4. The quantitative estimate of drug-likeness (QED) is 0.820. The van der Waals surface area contributed by atoms with E-state index in [0.717, 1.165) is 29.2 Å². The molecule has 5 heteroatoms. The summed E-state index contributed by atoms with van der Waals surface area (Å²) in [5.74, 6) is 0. The van der Waals surface area contributed by atoms with Crippen LogP contribution in [-0.4, -0.2) is 27.9 Å². The maximum Gasteiger partial charge on any atom is 0.408 e. The summed E-state index contributed by atoms with van der Waals surface area (Å²) in [4.78, 5) is 24.2. The predicted octanol–water partition coefficient (Wildman–Crippen LogP) is 4.32. The van der Waals surface area contributed by atoms with Crippen molar-refractivity contribution in [2.75, 3.05) is 0 Å². The van der Waals surface area contributed by atoms with Gasteiger partial charge in [0.1, 0.15) is 6.29 Å². The zero-order chi connectivity index (χ0) is 15.8. The van der Waals surface area contributed by atoms with Gasteiger partial charge in [0, 0.05) is 16.6 Å². The molecule has 0 atom stereocenters. The largest absolute Gasteiger partial charge is 0.465 e. The van der Waals surface area contributed by atoms with E-state index < -0.39 is 6.09 Å². The summed E-state index contributed by atoms with van der Waals surface area (Å²) in [5.41, 5.74) is 0.961. The molecule has 0 saturated heterocycles. The van der Waals surface area contributed by atoms with Crippen LogP contribution < -0.4 is 0 Å². The zero-order valence-electron chi connectivity index (χ0n) is 12.5. The van der Waals surface area contributed by atoms with Crippen molar-refractivity contribution in [3.05, 3.63) is 33.8 Å². The van der Waals surface area contributed by atoms with Crippen molar-refractivity contribution in [3.63, 3.8) is 0 Å². The molecule has 4 nitrogen and oxygen atoms in total. The molecule has 1 aliphatic carbocycles. The third-order valence-electron chi connectivity index (χ3n) is 4.32. The molecule has 1 aromatic carbocycles. The van der Waals surface area contributed by atoms with Crippen molar-refractivity contribution in [2.24, 2.45) is 5.41 Å². The Morgan fingerprint density at radius 1 is 1.38 bits per heavy atom. The fourth-order valence-corrected chi connectivity index (χ4v) is 3.52. The van der Waals surface area contributed by atoms with Crippen LogP contribution in [0.5, 0.6) is 0 Å². The number of amides is 1. The molecule has 1 aromatic rings. The first-order valence-corrected chi connectivity index (χ1v) is 7.74. The van der Waals surface area contributed by atoms with Crippen LogP contribution in [0.15, 0.2) is 22.7 Å². The summed E-state index contributed by atoms with van der Waals surface area (Å²) in [6.45, 7) is 6.53. The minimum absolute atomic E-state index is 0.106. The number of carbonyl (C=O) groups excluding carboxylic acids is 1. The first-order valence-electron chi connectivity index (χ1n) is 6.95. The molecule has 0 aromatic heterocycles. The number of carbonyl (C=O) groups is 2. The third-order valence-corrected chi connectivity index (χ3v) is 4.78. The van der Waals surface area contributed by atoms with Gasteiger partial charge in [-0.3, -0.25) is 9.69 Å². The lowest BCUT2D eigenvalue weighted by atomic mass is 9.82. The van der Waals surface area contributed by atoms with Gasteiger partial charge in [0.15, 0.2) is 0 Å². The summed E-state index contributed by atoms with van der Waals surface area (Å²) < 4.78 is 0.785. The number of nitrogens with zero attached hydrogens (tertiary/aromatic N) is 1. The summed E-state index contributed by atoms with van der Waals surface area (Å²) >= 11 is 3.36. The summed E-state index contributed by atoms with van der Waals surface area (Å²) in [7, 11) is 0. The van der Waals surface area contributed by atoms with Crippen molar-refractivity contribution < 1.29 is 14.7 Å². The highest BCUT2D eigenvalue weighted by Gasteiger charge is 2.57. The summed E-state index contributed by atoms with van der Waals surface area (Å²) in [6, 6.07) is 5.33. The highest BCUT2D eigenvalue weighted by Crippen LogP contribution is 2.54. The smallest absolute Gasteiger partial charge is 0.408 e. The van der Waals surface area contributed by atoms with Crippen molar-refractivity contribution in [2.45, 2.75) is 45.7 Å². The topological polar surface area (TPSA) is 57.6 Å². The van der Waals surface area contributed by atoms with E-state index in [9.17, 15) is 14.7 Å². The van der Waals surface area contributed by atoms with Gasteiger partial charge in [-0.15, -0.1) is 0 Å². The second kappa shape index (κ2) is 5.44. The monoisotopic (exact) mass is 353 g/mol. The van der Waals surface area contributed by atoms with Gasteiger partial charge in [-0.25, -0.2) is 4.79 Å². The molecule has 1 aliphatic rings. The summed E-state index contributed by atoms with van der Waals surface area (Å²) in [5, 5.41) is 9.61. The average Bonchev–Trinajstić information content (AvgIpc) is 3.15. The molecule has 2 rings (SSSR count). The maximum absolute atomic E-state index is 11.7. The first-order chi connectivity index (χ1) is 9.69. The Balaban J connectivity index is 2.32. The number of aldehydes is 1. The van der Waals surface area contributed by atoms with Crippen molar-refractivity contribution >= 4 is 28.3 Å². The van der Waals surface area contributed by atoms with E-state index in [1.807, 2.05) is 6.07 Å². The van der Waals surface area contributed by atoms with Crippen LogP contribution in [0.3, 0.4) is 0 Å². The van der Waals surface area contributed by atoms with Crippen molar-refractivity contribution in [1.29, 1.82) is 0 Å². The standard InChI is InChI=1S/C16H20BrNO3/c1-15(2,3)16(4-5-16)18(14(20)21)9-11-6-12(10-19)8-13(17)7-11/h6-8,10H,4-5,9H2,1-3H3,(H,20,21). The molecule has 1 saturated carbocycles. The second-order valence-electron chi connectivity index (χ2n) is 6.66. The van der Waals surface area contributed by atoms with Crippen LogP contribution in [-0.2, 0) is 6.54 Å². The summed E-state index contributed by atoms with van der Waals surface area (Å²) in [6.07, 6.45) is 1.64. The molecule has 1 amide bonds. The second-order valence-corrected chi connectivity index (χ2v) is 7.58. The van der Waals surface area contributed by atoms with E-state index in [1.54, 1.807) is 12.1 Å². The number of halogens is 1. The Labute approximate surface area is 133 Å². The number of carboxylic acid groups (broad SMARTS) is 1. The van der Waals surface area contributed by atoms with E-state index >= 15 is 0 Å². The molecule has 0 radical (unpaired) electrons. The molecule has 1 N–H and O–H groups in total. The van der Waals surface area contributed by atoms with Gasteiger partial charge in [-0.2, -0.15) is 0 Å². The fourth-order valence-electron chi connectivity index (χ4n) is 2.96. The van der Waals surface area contributed by atoms with Gasteiger partial charge in [0.05, 0.1) is 5.54 Å². The Hall–Kier alpha value is -1.36. The minimum atomic E-state index is -0.907. The maximum atomic E-state index is 11.7. The van der Waals surface area contributed by atoms with E-state index in [0.29, 0.717) is 12.1 Å². The number of hydrogen-bond acceptors (Lipinski definition) is 2. The molecule has 0 aliphatic heterocycles. The first kappa shape index (κ1) is 16.0. The lowest BCUT2D eigenvalue weighted by Gasteiger charge is -2.39. The van der Waals surface area contributed by atoms with Crippen LogP contribution in [0.1, 0.15) is 49.5 Å². The van der Waals surface area contributed by atoms with Crippen LogP contribution in [0.25, 0.3) is 0 Å². The molecule has 0 bridgehead atoms.